The summed E-state index contributed by atoms with van der Waals surface area (Å²) in [5.74, 6) is -0.0664. The van der Waals surface area contributed by atoms with Gasteiger partial charge in [0.05, 0.1) is 23.8 Å². The standard InChI is InChI=1S/C15H16FN3O3S/c16-12-3-1-4-13(11-12)23(20,21)18-14-5-2-6-17-15(14)19-7-9-22-10-8-19/h1-6,11,18H,7-10H2. The number of morpholine rings is 1. The van der Waals surface area contributed by atoms with Crippen LogP contribution in [0.5, 0.6) is 0 Å². The van der Waals surface area contributed by atoms with Gasteiger partial charge in [0.25, 0.3) is 10.0 Å². The molecule has 0 atom stereocenters. The van der Waals surface area contributed by atoms with Gasteiger partial charge >= 0.3 is 0 Å². The Bertz CT molecular complexity index is 792. The number of anilines is 2. The summed E-state index contributed by atoms with van der Waals surface area (Å²) in [6, 6.07) is 8.16. The first-order valence-corrected chi connectivity index (χ1v) is 8.61. The van der Waals surface area contributed by atoms with E-state index in [2.05, 4.69) is 9.71 Å². The molecule has 1 N–H and O–H groups in total. The first kappa shape index (κ1) is 15.7. The first-order chi connectivity index (χ1) is 11.1. The Kier molecular flexibility index (Phi) is 4.44. The van der Waals surface area contributed by atoms with Gasteiger partial charge in [-0.15, -0.1) is 0 Å². The second kappa shape index (κ2) is 6.51. The number of rotatable bonds is 4. The fourth-order valence-electron chi connectivity index (χ4n) is 2.34. The van der Waals surface area contributed by atoms with Crippen LogP contribution in [-0.2, 0) is 14.8 Å². The summed E-state index contributed by atoms with van der Waals surface area (Å²) in [5.41, 5.74) is 0.360. The molecule has 0 amide bonds. The first-order valence-electron chi connectivity index (χ1n) is 7.12. The molecule has 8 heteroatoms. The highest BCUT2D eigenvalue weighted by Gasteiger charge is 2.20. The van der Waals surface area contributed by atoms with E-state index in [1.807, 2.05) is 4.90 Å². The summed E-state index contributed by atoms with van der Waals surface area (Å²) in [5, 5.41) is 0. The number of sulfonamides is 1. The zero-order chi connectivity index (χ0) is 16.3. The molecule has 2 aromatic rings. The van der Waals surface area contributed by atoms with E-state index in [0.29, 0.717) is 37.8 Å². The van der Waals surface area contributed by atoms with Crippen molar-refractivity contribution in [3.05, 3.63) is 48.4 Å². The smallest absolute Gasteiger partial charge is 0.262 e. The summed E-state index contributed by atoms with van der Waals surface area (Å²) in [7, 11) is -3.88. The molecule has 0 radical (unpaired) electrons. The van der Waals surface area contributed by atoms with Crippen LogP contribution in [0.2, 0.25) is 0 Å². The fraction of sp³-hybridized carbons (Fsp3) is 0.267. The molecule has 1 fully saturated rings. The number of pyridine rings is 1. The lowest BCUT2D eigenvalue weighted by atomic mass is 10.3. The number of ether oxygens (including phenoxy) is 1. The van der Waals surface area contributed by atoms with Gasteiger partial charge in [-0.1, -0.05) is 6.07 Å². The van der Waals surface area contributed by atoms with Gasteiger partial charge in [-0.05, 0) is 30.3 Å². The van der Waals surface area contributed by atoms with Crippen LogP contribution in [0.25, 0.3) is 0 Å². The molecule has 0 spiro atoms. The summed E-state index contributed by atoms with van der Waals surface area (Å²) in [4.78, 5) is 6.09. The van der Waals surface area contributed by atoms with Crippen molar-refractivity contribution in [2.24, 2.45) is 0 Å². The molecule has 0 saturated carbocycles. The third kappa shape index (κ3) is 3.59. The topological polar surface area (TPSA) is 71.5 Å². The molecule has 122 valence electrons. The molecular formula is C15H16FN3O3S. The second-order valence-electron chi connectivity index (χ2n) is 5.04. The van der Waals surface area contributed by atoms with Gasteiger partial charge in [-0.2, -0.15) is 0 Å². The average Bonchev–Trinajstić information content (AvgIpc) is 2.56. The molecule has 1 saturated heterocycles. The minimum Gasteiger partial charge on any atom is -0.378 e. The van der Waals surface area contributed by atoms with E-state index in [1.165, 1.54) is 18.2 Å². The van der Waals surface area contributed by atoms with Crippen LogP contribution in [0.1, 0.15) is 0 Å². The molecule has 0 aliphatic carbocycles. The lowest BCUT2D eigenvalue weighted by molar-refractivity contribution is 0.122. The zero-order valence-electron chi connectivity index (χ0n) is 12.3. The zero-order valence-corrected chi connectivity index (χ0v) is 13.1. The number of halogens is 1. The van der Waals surface area contributed by atoms with Crippen LogP contribution in [-0.4, -0.2) is 39.7 Å². The van der Waals surface area contributed by atoms with Crippen LogP contribution in [0.4, 0.5) is 15.9 Å². The molecule has 2 heterocycles. The molecule has 23 heavy (non-hydrogen) atoms. The summed E-state index contributed by atoms with van der Waals surface area (Å²) in [6.45, 7) is 2.39. The highest BCUT2D eigenvalue weighted by molar-refractivity contribution is 7.92. The Morgan fingerprint density at radius 1 is 1.17 bits per heavy atom. The van der Waals surface area contributed by atoms with Gasteiger partial charge in [0, 0.05) is 19.3 Å². The van der Waals surface area contributed by atoms with Gasteiger partial charge < -0.3 is 9.64 Å². The summed E-state index contributed by atoms with van der Waals surface area (Å²) >= 11 is 0. The van der Waals surface area contributed by atoms with Crippen LogP contribution in [0.15, 0.2) is 47.5 Å². The Balaban J connectivity index is 1.90. The Morgan fingerprint density at radius 3 is 2.70 bits per heavy atom. The molecule has 1 aliphatic rings. The lowest BCUT2D eigenvalue weighted by Crippen LogP contribution is -2.37. The Hall–Kier alpha value is -2.19. The van der Waals surface area contributed by atoms with Crippen molar-refractivity contribution in [1.82, 2.24) is 4.98 Å². The summed E-state index contributed by atoms with van der Waals surface area (Å²) in [6.07, 6.45) is 1.60. The maximum absolute atomic E-state index is 13.3. The van der Waals surface area contributed by atoms with Gasteiger partial charge in [-0.3, -0.25) is 4.72 Å². The largest absolute Gasteiger partial charge is 0.378 e. The Morgan fingerprint density at radius 2 is 1.96 bits per heavy atom. The van der Waals surface area contributed by atoms with Gasteiger partial charge in [-0.25, -0.2) is 17.8 Å². The van der Waals surface area contributed by atoms with Crippen LogP contribution >= 0.6 is 0 Å². The van der Waals surface area contributed by atoms with E-state index in [-0.39, 0.29) is 4.90 Å². The quantitative estimate of drug-likeness (QED) is 0.922. The molecule has 1 aromatic heterocycles. The number of hydrogen-bond acceptors (Lipinski definition) is 5. The van der Waals surface area contributed by atoms with Crippen molar-refractivity contribution in [2.75, 3.05) is 35.9 Å². The van der Waals surface area contributed by atoms with E-state index < -0.39 is 15.8 Å². The van der Waals surface area contributed by atoms with E-state index >= 15 is 0 Å². The fourth-order valence-corrected chi connectivity index (χ4v) is 3.43. The molecule has 1 aliphatic heterocycles. The molecule has 1 aromatic carbocycles. The monoisotopic (exact) mass is 337 g/mol. The van der Waals surface area contributed by atoms with Crippen LogP contribution in [0.3, 0.4) is 0 Å². The molecular weight excluding hydrogens is 321 g/mol. The van der Waals surface area contributed by atoms with Gasteiger partial charge in [0.1, 0.15) is 5.82 Å². The van der Waals surface area contributed by atoms with Crippen molar-refractivity contribution in [1.29, 1.82) is 0 Å². The second-order valence-corrected chi connectivity index (χ2v) is 6.72. The van der Waals surface area contributed by atoms with Crippen molar-refractivity contribution in [2.45, 2.75) is 4.90 Å². The minimum atomic E-state index is -3.88. The predicted molar refractivity (Wildman–Crippen MR) is 84.5 cm³/mol. The third-order valence-electron chi connectivity index (χ3n) is 3.45. The van der Waals surface area contributed by atoms with E-state index in [4.69, 9.17) is 4.74 Å². The van der Waals surface area contributed by atoms with Gasteiger partial charge in [0.2, 0.25) is 0 Å². The van der Waals surface area contributed by atoms with Gasteiger partial charge in [0.15, 0.2) is 5.82 Å². The highest BCUT2D eigenvalue weighted by atomic mass is 32.2. The third-order valence-corrected chi connectivity index (χ3v) is 4.81. The average molecular weight is 337 g/mol. The van der Waals surface area contributed by atoms with Crippen molar-refractivity contribution >= 4 is 21.5 Å². The molecule has 0 bridgehead atoms. The number of aromatic nitrogens is 1. The van der Waals surface area contributed by atoms with Crippen molar-refractivity contribution < 1.29 is 17.5 Å². The minimum absolute atomic E-state index is 0.130. The highest BCUT2D eigenvalue weighted by Crippen LogP contribution is 2.26. The van der Waals surface area contributed by atoms with E-state index in [1.54, 1.807) is 18.3 Å². The van der Waals surface area contributed by atoms with E-state index in [9.17, 15) is 12.8 Å². The number of nitrogens with zero attached hydrogens (tertiary/aromatic N) is 2. The predicted octanol–water partition coefficient (Wildman–Crippen LogP) is 1.86. The lowest BCUT2D eigenvalue weighted by Gasteiger charge is -2.29. The maximum atomic E-state index is 13.3. The molecule has 0 unspecified atom stereocenters. The number of hydrogen-bond donors (Lipinski definition) is 1. The van der Waals surface area contributed by atoms with Crippen molar-refractivity contribution in [3.8, 4) is 0 Å². The van der Waals surface area contributed by atoms with Crippen LogP contribution in [0, 0.1) is 5.82 Å². The van der Waals surface area contributed by atoms with Crippen LogP contribution < -0.4 is 9.62 Å². The Labute approximate surface area is 134 Å². The number of nitrogens with one attached hydrogen (secondary N) is 1. The summed E-state index contributed by atoms with van der Waals surface area (Å²) < 4.78 is 45.9. The molecule has 6 nitrogen and oxygen atoms in total. The van der Waals surface area contributed by atoms with E-state index in [0.717, 1.165) is 6.07 Å². The normalized spacial score (nSPS) is 15.4. The number of benzene rings is 1. The SMILES string of the molecule is O=S(=O)(Nc1cccnc1N1CCOCC1)c1cccc(F)c1. The maximum Gasteiger partial charge on any atom is 0.262 e. The van der Waals surface area contributed by atoms with Crippen molar-refractivity contribution in [3.63, 3.8) is 0 Å². The molecule has 3 rings (SSSR count).